The molecule has 0 radical (unpaired) electrons. The van der Waals surface area contributed by atoms with E-state index in [0.29, 0.717) is 56.5 Å². The van der Waals surface area contributed by atoms with Gasteiger partial charge in [0, 0.05) is 64.3 Å². The molecule has 6 amide bonds. The van der Waals surface area contributed by atoms with Gasteiger partial charge in [0.1, 0.15) is 12.1 Å². The molecule has 2 heterocycles. The van der Waals surface area contributed by atoms with Crippen LogP contribution in [0.25, 0.3) is 17.2 Å². The summed E-state index contributed by atoms with van der Waals surface area (Å²) in [6, 6.07) is 30.2. The van der Waals surface area contributed by atoms with Crippen molar-refractivity contribution >= 4 is 47.3 Å². The molecule has 0 unspecified atom stereocenters. The molecule has 69 heavy (non-hydrogen) atoms. The third-order valence-electron chi connectivity index (χ3n) is 12.3. The van der Waals surface area contributed by atoms with Crippen LogP contribution in [0, 0.1) is 5.41 Å². The molecule has 4 aromatic rings. The molecule has 6 rings (SSSR count). The number of hydrogen-bond acceptors (Lipinski definition) is 9. The second kappa shape index (κ2) is 25.8. The number of amides is 6. The molecule has 362 valence electrons. The fourth-order valence-corrected chi connectivity index (χ4v) is 8.50. The van der Waals surface area contributed by atoms with E-state index in [4.69, 9.17) is 10.5 Å². The Bertz CT molecular complexity index is 2470. The van der Waals surface area contributed by atoms with E-state index >= 15 is 0 Å². The summed E-state index contributed by atoms with van der Waals surface area (Å²) in [6.07, 6.45) is 7.42. The lowest BCUT2D eigenvalue weighted by molar-refractivity contribution is -0.141. The van der Waals surface area contributed by atoms with Crippen molar-refractivity contribution in [3.8, 4) is 11.1 Å². The molecular formula is C54H63N7O8. The molecule has 0 aromatic heterocycles. The lowest BCUT2D eigenvalue weighted by atomic mass is 9.74. The zero-order chi connectivity index (χ0) is 49.0. The van der Waals surface area contributed by atoms with Gasteiger partial charge in [-0.05, 0) is 70.7 Å². The van der Waals surface area contributed by atoms with Gasteiger partial charge in [-0.2, -0.15) is 0 Å². The van der Waals surface area contributed by atoms with Gasteiger partial charge in [-0.15, -0.1) is 0 Å². The molecule has 4 aromatic carbocycles. The summed E-state index contributed by atoms with van der Waals surface area (Å²) in [5.41, 5.74) is 10.1. The summed E-state index contributed by atoms with van der Waals surface area (Å²) >= 11 is 0. The number of nitrogens with zero attached hydrogens (tertiary/aromatic N) is 1. The predicted octanol–water partition coefficient (Wildman–Crippen LogP) is 3.74. The van der Waals surface area contributed by atoms with Crippen molar-refractivity contribution in [3.63, 3.8) is 0 Å². The number of rotatable bonds is 14. The first kappa shape index (κ1) is 51.2. The third-order valence-corrected chi connectivity index (χ3v) is 12.3. The van der Waals surface area contributed by atoms with Crippen LogP contribution in [0.2, 0.25) is 0 Å². The Morgan fingerprint density at radius 2 is 1.54 bits per heavy atom. The number of carbonyl (C=O) groups is 7. The van der Waals surface area contributed by atoms with Gasteiger partial charge in [0.05, 0.1) is 25.0 Å². The highest BCUT2D eigenvalue weighted by molar-refractivity contribution is 5.98. The van der Waals surface area contributed by atoms with Crippen LogP contribution in [0.15, 0.2) is 121 Å². The first-order chi connectivity index (χ1) is 33.4. The van der Waals surface area contributed by atoms with Gasteiger partial charge < -0.3 is 42.0 Å². The van der Waals surface area contributed by atoms with E-state index in [9.17, 15) is 33.6 Å². The van der Waals surface area contributed by atoms with Crippen LogP contribution in [0.1, 0.15) is 60.4 Å². The van der Waals surface area contributed by atoms with Crippen molar-refractivity contribution in [2.45, 2.75) is 70.5 Å². The zero-order valence-electron chi connectivity index (χ0n) is 39.2. The second-order valence-electron chi connectivity index (χ2n) is 17.4. The van der Waals surface area contributed by atoms with Crippen molar-refractivity contribution in [1.82, 2.24) is 31.5 Å². The maximum absolute atomic E-state index is 15.0. The Kier molecular flexibility index (Phi) is 19.1. The van der Waals surface area contributed by atoms with Crippen LogP contribution in [0.3, 0.4) is 0 Å². The largest absolute Gasteiger partial charge is 0.378 e. The van der Waals surface area contributed by atoms with Crippen molar-refractivity contribution < 1.29 is 38.3 Å². The van der Waals surface area contributed by atoms with E-state index in [0.717, 1.165) is 33.9 Å². The minimum absolute atomic E-state index is 0.00723. The van der Waals surface area contributed by atoms with Crippen molar-refractivity contribution in [1.29, 1.82) is 0 Å². The Morgan fingerprint density at radius 1 is 0.826 bits per heavy atom. The number of carbonyl (C=O) groups excluding carboxylic acids is 7. The Balaban J connectivity index is 1.29. The third kappa shape index (κ3) is 15.4. The van der Waals surface area contributed by atoms with E-state index in [-0.39, 0.29) is 63.7 Å². The molecule has 0 spiro atoms. The lowest BCUT2D eigenvalue weighted by Crippen LogP contribution is -2.58. The Morgan fingerprint density at radius 3 is 2.26 bits per heavy atom. The molecule has 2 aliphatic heterocycles. The molecule has 7 N–H and O–H groups in total. The Labute approximate surface area is 403 Å². The van der Waals surface area contributed by atoms with Crippen LogP contribution in [-0.4, -0.2) is 104 Å². The fraction of sp³-hybridized carbons (Fsp3) is 0.352. The van der Waals surface area contributed by atoms with Crippen molar-refractivity contribution in [2.24, 2.45) is 11.1 Å². The molecule has 0 aliphatic carbocycles. The molecular weight excluding hydrogens is 875 g/mol. The van der Waals surface area contributed by atoms with Gasteiger partial charge in [-0.25, -0.2) is 0 Å². The highest BCUT2D eigenvalue weighted by Gasteiger charge is 2.44. The molecule has 2 bridgehead atoms. The summed E-state index contributed by atoms with van der Waals surface area (Å²) < 4.78 is 5.37. The molecule has 15 nitrogen and oxygen atoms in total. The average molecular weight is 938 g/mol. The van der Waals surface area contributed by atoms with Crippen LogP contribution in [0.4, 0.5) is 0 Å². The predicted molar refractivity (Wildman–Crippen MR) is 264 cm³/mol. The molecule has 2 aliphatic rings. The quantitative estimate of drug-likeness (QED) is 0.0801. The number of ether oxygens (including phenoxy) is 1. The van der Waals surface area contributed by atoms with Crippen LogP contribution in [0.5, 0.6) is 0 Å². The van der Waals surface area contributed by atoms with Crippen LogP contribution < -0.4 is 32.3 Å². The SMILES string of the molecule is CCC(=O)/C=C/c1ccc(-c2ccc(C[C@@H]3NC(=O)[C@]4(Cc5ccccc5)CCCN(C4)C(=O)/C=C/C(=O)NCC[C@@H](C(=O)NCCOCCN)NC(=O)Cc4ccccc4CNC3=O)cc2)cc1. The van der Waals surface area contributed by atoms with Gasteiger partial charge in [-0.3, -0.25) is 33.6 Å². The topological polar surface area (TPSA) is 218 Å². The molecule has 3 atom stereocenters. The van der Waals surface area contributed by atoms with E-state index in [1.807, 2.05) is 85.8 Å². The smallest absolute Gasteiger partial charge is 0.246 e. The number of allylic oxidation sites excluding steroid dienone is 1. The average Bonchev–Trinajstić information content (AvgIpc) is 3.36. The molecule has 0 saturated carbocycles. The minimum Gasteiger partial charge on any atom is -0.378 e. The van der Waals surface area contributed by atoms with Gasteiger partial charge in [0.25, 0.3) is 0 Å². The van der Waals surface area contributed by atoms with E-state index in [1.165, 1.54) is 6.08 Å². The fourth-order valence-electron chi connectivity index (χ4n) is 8.50. The normalized spacial score (nSPS) is 20.3. The van der Waals surface area contributed by atoms with E-state index in [2.05, 4.69) is 26.6 Å². The molecule has 1 saturated heterocycles. The summed E-state index contributed by atoms with van der Waals surface area (Å²) in [6.45, 7) is 3.33. The van der Waals surface area contributed by atoms with Gasteiger partial charge in [0.2, 0.25) is 35.4 Å². The zero-order valence-corrected chi connectivity index (χ0v) is 39.2. The Hall–Kier alpha value is -7.23. The van der Waals surface area contributed by atoms with E-state index < -0.39 is 47.0 Å². The number of nitrogens with one attached hydrogen (secondary N) is 5. The van der Waals surface area contributed by atoms with Gasteiger partial charge in [0.15, 0.2) is 5.78 Å². The number of fused-ring (bicyclic) bond motifs is 3. The van der Waals surface area contributed by atoms with Crippen LogP contribution in [-0.2, 0) is 64.1 Å². The highest BCUT2D eigenvalue weighted by Crippen LogP contribution is 2.35. The molecule has 1 fully saturated rings. The van der Waals surface area contributed by atoms with Gasteiger partial charge in [-0.1, -0.05) is 116 Å². The van der Waals surface area contributed by atoms with E-state index in [1.54, 1.807) is 41.3 Å². The summed E-state index contributed by atoms with van der Waals surface area (Å²) in [5.74, 6) is -2.72. The number of nitrogens with two attached hydrogens (primary N) is 1. The maximum atomic E-state index is 15.0. The minimum atomic E-state index is -1.12. The second-order valence-corrected chi connectivity index (χ2v) is 17.4. The van der Waals surface area contributed by atoms with Gasteiger partial charge >= 0.3 is 0 Å². The van der Waals surface area contributed by atoms with Crippen LogP contribution >= 0.6 is 0 Å². The first-order valence-electron chi connectivity index (χ1n) is 23.6. The summed E-state index contributed by atoms with van der Waals surface area (Å²) in [7, 11) is 0. The van der Waals surface area contributed by atoms with Crippen molar-refractivity contribution in [3.05, 3.63) is 149 Å². The number of hydrogen-bond donors (Lipinski definition) is 6. The lowest BCUT2D eigenvalue weighted by Gasteiger charge is -2.42. The number of piperidine rings is 1. The molecule has 15 heteroatoms. The number of benzene rings is 4. The number of ketones is 1. The monoisotopic (exact) mass is 937 g/mol. The first-order valence-corrected chi connectivity index (χ1v) is 23.6. The summed E-state index contributed by atoms with van der Waals surface area (Å²) in [5, 5.41) is 14.4. The standard InChI is InChI=1S/C54H63N7O8/c1-2-45(62)22-17-38-13-18-41(19-14-38)42-20-15-39(16-21-42)33-47-52(67)58-36-44-12-7-6-11-43(44)34-49(64)59-46(51(66)57-29-32-69-31-27-55)25-28-56-48(63)23-24-50(65)61-30-8-26-54(37-61,53(68)60-47)35-40-9-4-3-5-10-40/h3-7,9-24,46-47H,2,8,25-37,55H2,1H3,(H,56,63)(H,57,66)(H,58,67)(H,59,64)(H,60,68)/b22-17+,24-23+/t46-,47-,54-/m0/s1. The van der Waals surface area contributed by atoms with Crippen molar-refractivity contribution in [2.75, 3.05) is 45.9 Å². The highest BCUT2D eigenvalue weighted by atomic mass is 16.5. The maximum Gasteiger partial charge on any atom is 0.246 e. The summed E-state index contributed by atoms with van der Waals surface area (Å²) in [4.78, 5) is 96.5.